The van der Waals surface area contributed by atoms with Gasteiger partial charge in [0.05, 0.1) is 6.61 Å². The highest BCUT2D eigenvalue weighted by Gasteiger charge is 2.15. The molecule has 1 fully saturated rings. The van der Waals surface area contributed by atoms with Gasteiger partial charge in [-0.2, -0.15) is 0 Å². The van der Waals surface area contributed by atoms with Crippen molar-refractivity contribution >= 4 is 5.69 Å². The van der Waals surface area contributed by atoms with Gasteiger partial charge in [0.1, 0.15) is 5.75 Å². The highest BCUT2D eigenvalue weighted by atomic mass is 16.5. The fourth-order valence-electron chi connectivity index (χ4n) is 2.35. The molecule has 0 saturated carbocycles. The highest BCUT2D eigenvalue weighted by Crippen LogP contribution is 2.28. The van der Waals surface area contributed by atoms with Gasteiger partial charge >= 0.3 is 0 Å². The van der Waals surface area contributed by atoms with Crippen LogP contribution < -0.4 is 10.1 Å². The summed E-state index contributed by atoms with van der Waals surface area (Å²) >= 11 is 0. The Morgan fingerprint density at radius 3 is 2.88 bits per heavy atom. The predicted molar refractivity (Wildman–Crippen MR) is 63.1 cm³/mol. The zero-order valence-corrected chi connectivity index (χ0v) is 9.37. The lowest BCUT2D eigenvalue weighted by atomic mass is 10.1. The van der Waals surface area contributed by atoms with Crippen LogP contribution in [-0.4, -0.2) is 25.9 Å². The second kappa shape index (κ2) is 4.34. The van der Waals surface area contributed by atoms with Gasteiger partial charge in [0.2, 0.25) is 0 Å². The lowest BCUT2D eigenvalue weighted by molar-refractivity contribution is 0.0904. The third-order valence-corrected chi connectivity index (χ3v) is 3.28. The first-order valence-corrected chi connectivity index (χ1v) is 6.02. The Balaban J connectivity index is 1.69. The molecule has 0 aliphatic carbocycles. The van der Waals surface area contributed by atoms with Crippen LogP contribution >= 0.6 is 0 Å². The smallest absolute Gasteiger partial charge is 0.122 e. The summed E-state index contributed by atoms with van der Waals surface area (Å²) in [5, 5.41) is 3.58. The van der Waals surface area contributed by atoms with Gasteiger partial charge < -0.3 is 14.8 Å². The standard InChI is InChI=1S/C13H17NO2/c1-2-13-10(3-8-16-13)9-12(1)14-11-4-6-15-7-5-11/h1-2,9,11,14H,3-8H2. The van der Waals surface area contributed by atoms with Crippen LogP contribution in [0.25, 0.3) is 0 Å². The van der Waals surface area contributed by atoms with Gasteiger partial charge in [-0.1, -0.05) is 0 Å². The third-order valence-electron chi connectivity index (χ3n) is 3.28. The lowest BCUT2D eigenvalue weighted by Gasteiger charge is -2.24. The van der Waals surface area contributed by atoms with Crippen LogP contribution in [0.1, 0.15) is 18.4 Å². The molecule has 0 spiro atoms. The first-order valence-electron chi connectivity index (χ1n) is 6.02. The maximum Gasteiger partial charge on any atom is 0.122 e. The Morgan fingerprint density at radius 2 is 2.00 bits per heavy atom. The zero-order valence-electron chi connectivity index (χ0n) is 9.37. The fraction of sp³-hybridized carbons (Fsp3) is 0.538. The highest BCUT2D eigenvalue weighted by molar-refractivity contribution is 5.52. The van der Waals surface area contributed by atoms with Crippen molar-refractivity contribution in [2.24, 2.45) is 0 Å². The minimum absolute atomic E-state index is 0.564. The second-order valence-corrected chi connectivity index (χ2v) is 4.45. The van der Waals surface area contributed by atoms with Crippen molar-refractivity contribution in [2.45, 2.75) is 25.3 Å². The van der Waals surface area contributed by atoms with Crippen molar-refractivity contribution in [2.75, 3.05) is 25.1 Å². The molecule has 2 aliphatic heterocycles. The number of anilines is 1. The van der Waals surface area contributed by atoms with Crippen LogP contribution in [0.15, 0.2) is 18.2 Å². The summed E-state index contributed by atoms with van der Waals surface area (Å²) in [5.41, 5.74) is 2.55. The maximum atomic E-state index is 5.50. The van der Waals surface area contributed by atoms with Gasteiger partial charge in [-0.05, 0) is 36.6 Å². The summed E-state index contributed by atoms with van der Waals surface area (Å²) in [6, 6.07) is 6.97. The Kier molecular flexibility index (Phi) is 2.70. The van der Waals surface area contributed by atoms with Gasteiger partial charge in [0.25, 0.3) is 0 Å². The zero-order chi connectivity index (χ0) is 10.8. The number of hydrogen-bond acceptors (Lipinski definition) is 3. The van der Waals surface area contributed by atoms with E-state index in [0.717, 1.165) is 44.8 Å². The van der Waals surface area contributed by atoms with Crippen molar-refractivity contribution in [3.05, 3.63) is 23.8 Å². The average molecular weight is 219 g/mol. The molecule has 0 radical (unpaired) electrons. The molecule has 1 aromatic carbocycles. The van der Waals surface area contributed by atoms with Gasteiger partial charge in [-0.25, -0.2) is 0 Å². The van der Waals surface area contributed by atoms with Gasteiger partial charge in [-0.15, -0.1) is 0 Å². The molecule has 3 nitrogen and oxygen atoms in total. The molecule has 16 heavy (non-hydrogen) atoms. The first kappa shape index (κ1) is 9.97. The van der Waals surface area contributed by atoms with E-state index in [4.69, 9.17) is 9.47 Å². The van der Waals surface area contributed by atoms with E-state index in [2.05, 4.69) is 23.5 Å². The van der Waals surface area contributed by atoms with E-state index < -0.39 is 0 Å². The van der Waals surface area contributed by atoms with E-state index in [9.17, 15) is 0 Å². The molecule has 0 amide bonds. The Bertz CT molecular complexity index is 372. The van der Waals surface area contributed by atoms with Crippen LogP contribution in [0.4, 0.5) is 5.69 Å². The van der Waals surface area contributed by atoms with Crippen molar-refractivity contribution in [3.8, 4) is 5.75 Å². The van der Waals surface area contributed by atoms with Crippen molar-refractivity contribution in [1.82, 2.24) is 0 Å². The fourth-order valence-corrected chi connectivity index (χ4v) is 2.35. The summed E-state index contributed by atoms with van der Waals surface area (Å²) in [4.78, 5) is 0. The van der Waals surface area contributed by atoms with Crippen LogP contribution in [-0.2, 0) is 11.2 Å². The quantitative estimate of drug-likeness (QED) is 0.827. The average Bonchev–Trinajstić information content (AvgIpc) is 2.77. The van der Waals surface area contributed by atoms with Crippen molar-refractivity contribution in [1.29, 1.82) is 0 Å². The number of rotatable bonds is 2. The number of benzene rings is 1. The molecular formula is C13H17NO2. The van der Waals surface area contributed by atoms with Crippen LogP contribution in [0.5, 0.6) is 5.75 Å². The summed E-state index contributed by atoms with van der Waals surface area (Å²) in [6.07, 6.45) is 3.25. The molecule has 2 heterocycles. The molecular weight excluding hydrogens is 202 g/mol. The number of ether oxygens (including phenoxy) is 2. The van der Waals surface area contributed by atoms with Crippen LogP contribution in [0.2, 0.25) is 0 Å². The van der Waals surface area contributed by atoms with Crippen LogP contribution in [0.3, 0.4) is 0 Å². The maximum absolute atomic E-state index is 5.50. The van der Waals surface area contributed by atoms with Gasteiger partial charge in [0.15, 0.2) is 0 Å². The minimum Gasteiger partial charge on any atom is -0.493 e. The Labute approximate surface area is 95.8 Å². The topological polar surface area (TPSA) is 30.5 Å². The SMILES string of the molecule is c1cc2c(cc1NC1CCOCC1)CCO2. The molecule has 1 aromatic rings. The molecule has 0 aromatic heterocycles. The second-order valence-electron chi connectivity index (χ2n) is 4.45. The van der Waals surface area contributed by atoms with Gasteiger partial charge in [0, 0.05) is 31.4 Å². The summed E-state index contributed by atoms with van der Waals surface area (Å²) < 4.78 is 10.8. The third kappa shape index (κ3) is 2.00. The molecule has 3 rings (SSSR count). The Hall–Kier alpha value is -1.22. The van der Waals surface area contributed by atoms with Crippen molar-refractivity contribution in [3.63, 3.8) is 0 Å². The summed E-state index contributed by atoms with van der Waals surface area (Å²) in [7, 11) is 0. The van der Waals surface area contributed by atoms with Gasteiger partial charge in [-0.3, -0.25) is 0 Å². The first-order chi connectivity index (χ1) is 7.92. The molecule has 1 N–H and O–H groups in total. The normalized spacial score (nSPS) is 20.2. The van der Waals surface area contributed by atoms with Crippen molar-refractivity contribution < 1.29 is 9.47 Å². The van der Waals surface area contributed by atoms with Crippen LogP contribution in [0, 0.1) is 0 Å². The monoisotopic (exact) mass is 219 g/mol. The minimum atomic E-state index is 0.564. The number of nitrogens with one attached hydrogen (secondary N) is 1. The lowest BCUT2D eigenvalue weighted by Crippen LogP contribution is -2.27. The number of hydrogen-bond donors (Lipinski definition) is 1. The summed E-state index contributed by atoms with van der Waals surface area (Å²) in [5.74, 6) is 1.05. The molecule has 1 saturated heterocycles. The Morgan fingerprint density at radius 1 is 1.12 bits per heavy atom. The molecule has 86 valence electrons. The molecule has 0 unspecified atom stereocenters. The molecule has 0 bridgehead atoms. The molecule has 3 heteroatoms. The number of fused-ring (bicyclic) bond motifs is 1. The van der Waals surface area contributed by atoms with E-state index in [1.165, 1.54) is 11.3 Å². The predicted octanol–water partition coefficient (Wildman–Crippen LogP) is 2.21. The van der Waals surface area contributed by atoms with E-state index in [1.54, 1.807) is 0 Å². The largest absolute Gasteiger partial charge is 0.493 e. The van der Waals surface area contributed by atoms with E-state index in [0.29, 0.717) is 6.04 Å². The summed E-state index contributed by atoms with van der Waals surface area (Å²) in [6.45, 7) is 2.59. The molecule has 2 aliphatic rings. The van der Waals surface area contributed by atoms with E-state index in [1.807, 2.05) is 0 Å². The molecule has 0 atom stereocenters. The van der Waals surface area contributed by atoms with E-state index in [-0.39, 0.29) is 0 Å². The van der Waals surface area contributed by atoms with E-state index >= 15 is 0 Å².